The summed E-state index contributed by atoms with van der Waals surface area (Å²) in [5.41, 5.74) is 0.496. The van der Waals surface area contributed by atoms with Gasteiger partial charge in [0.15, 0.2) is 16.4 Å². The maximum absolute atomic E-state index is 13.1. The van der Waals surface area contributed by atoms with Crippen LogP contribution in [0.15, 0.2) is 30.3 Å². The number of carbonyl (C=O) groups excluding carboxylic acids is 2. The van der Waals surface area contributed by atoms with E-state index >= 15 is 0 Å². The van der Waals surface area contributed by atoms with Crippen LogP contribution in [-0.2, 0) is 24.2 Å². The van der Waals surface area contributed by atoms with Gasteiger partial charge in [-0.05, 0) is 43.5 Å². The second-order valence-corrected chi connectivity index (χ2v) is 8.84. The fourth-order valence-corrected chi connectivity index (χ4v) is 4.74. The van der Waals surface area contributed by atoms with Gasteiger partial charge in [-0.25, -0.2) is 17.6 Å². The summed E-state index contributed by atoms with van der Waals surface area (Å²) in [7, 11) is -3.13. The van der Waals surface area contributed by atoms with Gasteiger partial charge in [0, 0.05) is 18.2 Å². The smallest absolute Gasteiger partial charge is 0.331 e. The van der Waals surface area contributed by atoms with Crippen LogP contribution in [0.5, 0.6) is 0 Å². The van der Waals surface area contributed by atoms with Crippen molar-refractivity contribution in [3.63, 3.8) is 0 Å². The largest absolute Gasteiger partial charge is 0.452 e. The van der Waals surface area contributed by atoms with E-state index < -0.39 is 34.1 Å². The molecule has 1 aromatic rings. The SMILES string of the molecule is CC[C@H](C)N(C(=O)COC(=O)/C=C/c1cccc(F)c1)[C@@H]1CCS(=O)(=O)C1. The molecular weight excluding hydrogens is 373 g/mol. The van der Waals surface area contributed by atoms with E-state index in [9.17, 15) is 22.4 Å². The molecule has 0 N–H and O–H groups in total. The summed E-state index contributed by atoms with van der Waals surface area (Å²) in [6.07, 6.45) is 3.57. The van der Waals surface area contributed by atoms with Crippen molar-refractivity contribution in [3.05, 3.63) is 41.7 Å². The van der Waals surface area contributed by atoms with E-state index in [1.165, 1.54) is 29.2 Å². The molecule has 148 valence electrons. The van der Waals surface area contributed by atoms with Crippen LogP contribution >= 0.6 is 0 Å². The average Bonchev–Trinajstić information content (AvgIpc) is 2.97. The number of nitrogens with zero attached hydrogens (tertiary/aromatic N) is 1. The van der Waals surface area contributed by atoms with Crippen LogP contribution < -0.4 is 0 Å². The zero-order valence-corrected chi connectivity index (χ0v) is 16.2. The Bertz CT molecular complexity index is 821. The Morgan fingerprint density at radius 1 is 1.41 bits per heavy atom. The maximum Gasteiger partial charge on any atom is 0.331 e. The first kappa shape index (κ1) is 21.1. The topological polar surface area (TPSA) is 80.8 Å². The molecule has 1 aliphatic heterocycles. The lowest BCUT2D eigenvalue weighted by Gasteiger charge is -2.33. The second-order valence-electron chi connectivity index (χ2n) is 6.61. The van der Waals surface area contributed by atoms with E-state index in [2.05, 4.69) is 0 Å². The highest BCUT2D eigenvalue weighted by molar-refractivity contribution is 7.91. The normalized spacial score (nSPS) is 19.7. The third kappa shape index (κ3) is 6.16. The van der Waals surface area contributed by atoms with Crippen LogP contribution in [0.2, 0.25) is 0 Å². The highest BCUT2D eigenvalue weighted by atomic mass is 32.2. The summed E-state index contributed by atoms with van der Waals surface area (Å²) in [6, 6.07) is 5.16. The van der Waals surface area contributed by atoms with Gasteiger partial charge >= 0.3 is 5.97 Å². The first-order valence-electron chi connectivity index (χ1n) is 8.84. The van der Waals surface area contributed by atoms with Gasteiger partial charge in [-0.3, -0.25) is 4.79 Å². The van der Waals surface area contributed by atoms with Crippen LogP contribution in [0.25, 0.3) is 6.08 Å². The van der Waals surface area contributed by atoms with Crippen molar-refractivity contribution in [2.24, 2.45) is 0 Å². The van der Waals surface area contributed by atoms with Crippen LogP contribution in [0.4, 0.5) is 4.39 Å². The Kier molecular flexibility index (Phi) is 7.12. The molecule has 0 spiro atoms. The molecule has 1 saturated heterocycles. The Morgan fingerprint density at radius 2 is 2.15 bits per heavy atom. The average molecular weight is 397 g/mol. The monoisotopic (exact) mass is 397 g/mol. The number of sulfone groups is 1. The quantitative estimate of drug-likeness (QED) is 0.520. The molecule has 0 aliphatic carbocycles. The van der Waals surface area contributed by atoms with E-state index in [-0.39, 0.29) is 23.6 Å². The molecule has 0 radical (unpaired) electrons. The molecule has 8 heteroatoms. The van der Waals surface area contributed by atoms with E-state index in [1.54, 1.807) is 6.07 Å². The minimum absolute atomic E-state index is 0.0590. The van der Waals surface area contributed by atoms with Crippen LogP contribution in [0.3, 0.4) is 0 Å². The van der Waals surface area contributed by atoms with Crippen molar-refractivity contribution >= 4 is 27.8 Å². The molecular formula is C19H24FNO5S. The minimum Gasteiger partial charge on any atom is -0.452 e. The molecule has 1 amide bonds. The summed E-state index contributed by atoms with van der Waals surface area (Å²) in [6.45, 7) is 3.28. The van der Waals surface area contributed by atoms with Gasteiger partial charge in [-0.1, -0.05) is 19.1 Å². The Balaban J connectivity index is 1.95. The molecule has 1 fully saturated rings. The van der Waals surface area contributed by atoms with Gasteiger partial charge in [0.2, 0.25) is 0 Å². The van der Waals surface area contributed by atoms with Gasteiger partial charge in [-0.2, -0.15) is 0 Å². The number of amides is 1. The predicted octanol–water partition coefficient (Wildman–Crippen LogP) is 2.20. The zero-order chi connectivity index (χ0) is 20.0. The molecule has 1 aliphatic rings. The lowest BCUT2D eigenvalue weighted by molar-refractivity contribution is -0.150. The highest BCUT2D eigenvalue weighted by Gasteiger charge is 2.36. The molecule has 0 unspecified atom stereocenters. The fourth-order valence-electron chi connectivity index (χ4n) is 3.03. The number of carbonyl (C=O) groups is 2. The number of esters is 1. The van der Waals surface area contributed by atoms with Gasteiger partial charge in [0.05, 0.1) is 11.5 Å². The Morgan fingerprint density at radius 3 is 2.74 bits per heavy atom. The molecule has 27 heavy (non-hydrogen) atoms. The molecule has 1 heterocycles. The molecule has 1 aromatic carbocycles. The van der Waals surface area contributed by atoms with Gasteiger partial charge < -0.3 is 9.64 Å². The van der Waals surface area contributed by atoms with Gasteiger partial charge in [0.25, 0.3) is 5.91 Å². The molecule has 2 rings (SSSR count). The van der Waals surface area contributed by atoms with Crippen molar-refractivity contribution in [2.45, 2.75) is 38.8 Å². The molecule has 2 atom stereocenters. The maximum atomic E-state index is 13.1. The van der Waals surface area contributed by atoms with Gasteiger partial charge in [0.1, 0.15) is 5.82 Å². The fraction of sp³-hybridized carbons (Fsp3) is 0.474. The molecule has 0 saturated carbocycles. The van der Waals surface area contributed by atoms with E-state index in [0.717, 1.165) is 6.08 Å². The van der Waals surface area contributed by atoms with Crippen molar-refractivity contribution in [2.75, 3.05) is 18.1 Å². The zero-order valence-electron chi connectivity index (χ0n) is 15.4. The number of rotatable bonds is 7. The summed E-state index contributed by atoms with van der Waals surface area (Å²) in [5.74, 6) is -1.56. The van der Waals surface area contributed by atoms with Crippen molar-refractivity contribution in [3.8, 4) is 0 Å². The minimum atomic E-state index is -3.13. The number of hydrogen-bond acceptors (Lipinski definition) is 5. The first-order chi connectivity index (χ1) is 12.7. The number of halogens is 1. The lowest BCUT2D eigenvalue weighted by Crippen LogP contribution is -2.48. The van der Waals surface area contributed by atoms with Crippen LogP contribution in [-0.4, -0.2) is 55.4 Å². The second kappa shape index (κ2) is 9.12. The Labute approximate surface area is 158 Å². The third-order valence-electron chi connectivity index (χ3n) is 4.55. The number of benzene rings is 1. The first-order valence-corrected chi connectivity index (χ1v) is 10.7. The summed E-state index contributed by atoms with van der Waals surface area (Å²) >= 11 is 0. The van der Waals surface area contributed by atoms with Crippen molar-refractivity contribution in [1.82, 2.24) is 4.90 Å². The summed E-state index contributed by atoms with van der Waals surface area (Å²) in [4.78, 5) is 25.9. The van der Waals surface area contributed by atoms with E-state index in [1.807, 2.05) is 13.8 Å². The third-order valence-corrected chi connectivity index (χ3v) is 6.30. The molecule has 0 aromatic heterocycles. The predicted molar refractivity (Wildman–Crippen MR) is 100 cm³/mol. The van der Waals surface area contributed by atoms with Crippen molar-refractivity contribution < 1.29 is 27.1 Å². The van der Waals surface area contributed by atoms with E-state index in [4.69, 9.17) is 4.74 Å². The Hall–Kier alpha value is -2.22. The van der Waals surface area contributed by atoms with E-state index in [0.29, 0.717) is 18.4 Å². The standard InChI is InChI=1S/C19H24FNO5S/c1-3-14(2)21(17-9-10-27(24,25)13-17)18(22)12-26-19(23)8-7-15-5-4-6-16(20)11-15/h4-8,11,14,17H,3,9-10,12-13H2,1-2H3/b8-7+/t14-,17+/m0/s1. The molecule has 0 bridgehead atoms. The summed E-state index contributed by atoms with van der Waals surface area (Å²) in [5, 5.41) is 0. The molecule has 6 nitrogen and oxygen atoms in total. The number of ether oxygens (including phenoxy) is 1. The highest BCUT2D eigenvalue weighted by Crippen LogP contribution is 2.21. The van der Waals surface area contributed by atoms with Crippen LogP contribution in [0.1, 0.15) is 32.3 Å². The van der Waals surface area contributed by atoms with Crippen LogP contribution in [0, 0.1) is 5.82 Å². The summed E-state index contributed by atoms with van der Waals surface area (Å²) < 4.78 is 41.5. The lowest BCUT2D eigenvalue weighted by atomic mass is 10.1. The van der Waals surface area contributed by atoms with Gasteiger partial charge in [-0.15, -0.1) is 0 Å². The number of hydrogen-bond donors (Lipinski definition) is 0. The van der Waals surface area contributed by atoms with Crippen molar-refractivity contribution in [1.29, 1.82) is 0 Å².